The Morgan fingerprint density at radius 3 is 2.20 bits per heavy atom. The Kier molecular flexibility index (Phi) is 9.44. The van der Waals surface area contributed by atoms with Crippen molar-refractivity contribution in [3.05, 3.63) is 133 Å². The summed E-state index contributed by atoms with van der Waals surface area (Å²) in [7, 11) is 0. The molecule has 0 spiro atoms. The molecule has 242 valence electrons. The second-order valence-electron chi connectivity index (χ2n) is 11.2. The molecule has 1 aromatic heterocycles. The van der Waals surface area contributed by atoms with E-state index in [1.165, 1.54) is 13.0 Å². The monoisotopic (exact) mass is 639 g/mol. The zero-order valence-electron chi connectivity index (χ0n) is 25.0. The van der Waals surface area contributed by atoms with Gasteiger partial charge in [0, 0.05) is 50.0 Å². The molecule has 0 amide bonds. The summed E-state index contributed by atoms with van der Waals surface area (Å²) < 4.78 is 58.5. The molecule has 0 aliphatic carbocycles. The standard InChI is InChI=1S/C33H33F4N5O4/c1-21-29(40-16-14-39(15-17-40)18-23-10-5-6-11-24(23)31(44)45)30(43)42(20-28(38)22-8-3-2-4-9-22)32(46)41(21)19-25-26(33(35,36)37)12-7-13-27(25)34/h2-13,28H,14-20,38H2,1H3,(H,44,45). The molecule has 0 radical (unpaired) electrons. The van der Waals surface area contributed by atoms with Gasteiger partial charge in [0.25, 0.3) is 5.56 Å². The number of benzene rings is 3. The first kappa shape index (κ1) is 32.6. The highest BCUT2D eigenvalue weighted by molar-refractivity contribution is 5.89. The quantitative estimate of drug-likeness (QED) is 0.264. The maximum absolute atomic E-state index is 14.9. The molecule has 1 unspecified atom stereocenters. The lowest BCUT2D eigenvalue weighted by atomic mass is 10.1. The summed E-state index contributed by atoms with van der Waals surface area (Å²) in [5.41, 5.74) is 4.57. The molecule has 3 N–H and O–H groups in total. The van der Waals surface area contributed by atoms with Crippen LogP contribution in [0, 0.1) is 12.7 Å². The van der Waals surface area contributed by atoms with E-state index < -0.39 is 52.9 Å². The van der Waals surface area contributed by atoms with Gasteiger partial charge in [0.05, 0.1) is 24.2 Å². The van der Waals surface area contributed by atoms with Gasteiger partial charge in [-0.3, -0.25) is 18.8 Å². The third-order valence-electron chi connectivity index (χ3n) is 8.33. The number of halogens is 4. The lowest BCUT2D eigenvalue weighted by Gasteiger charge is -2.37. The van der Waals surface area contributed by atoms with E-state index in [1.54, 1.807) is 53.4 Å². The predicted octanol–water partition coefficient (Wildman–Crippen LogP) is 4.25. The van der Waals surface area contributed by atoms with Crippen molar-refractivity contribution >= 4 is 11.7 Å². The van der Waals surface area contributed by atoms with Crippen molar-refractivity contribution in [2.75, 3.05) is 31.1 Å². The molecule has 46 heavy (non-hydrogen) atoms. The maximum Gasteiger partial charge on any atom is 0.416 e. The number of hydrogen-bond acceptors (Lipinski definition) is 6. The average molecular weight is 640 g/mol. The summed E-state index contributed by atoms with van der Waals surface area (Å²) in [6.07, 6.45) is -4.88. The fourth-order valence-corrected chi connectivity index (χ4v) is 5.88. The summed E-state index contributed by atoms with van der Waals surface area (Å²) >= 11 is 0. The fraction of sp³-hybridized carbons (Fsp3) is 0.303. The topological polar surface area (TPSA) is 114 Å². The Labute approximate surface area is 261 Å². The molecule has 1 saturated heterocycles. The van der Waals surface area contributed by atoms with Crippen LogP contribution in [0.25, 0.3) is 0 Å². The van der Waals surface area contributed by atoms with E-state index in [-0.39, 0.29) is 23.5 Å². The fourth-order valence-electron chi connectivity index (χ4n) is 5.88. The van der Waals surface area contributed by atoms with Crippen molar-refractivity contribution in [2.24, 2.45) is 5.73 Å². The Morgan fingerprint density at radius 1 is 0.891 bits per heavy atom. The smallest absolute Gasteiger partial charge is 0.416 e. The van der Waals surface area contributed by atoms with Crippen LogP contribution in [0.4, 0.5) is 23.2 Å². The number of rotatable bonds is 9. The molecular weight excluding hydrogens is 606 g/mol. The number of aromatic carboxylic acids is 1. The van der Waals surface area contributed by atoms with Crippen LogP contribution in [0.15, 0.2) is 82.4 Å². The summed E-state index contributed by atoms with van der Waals surface area (Å²) in [5, 5.41) is 9.55. The van der Waals surface area contributed by atoms with Crippen LogP contribution in [0.3, 0.4) is 0 Å². The molecule has 9 nitrogen and oxygen atoms in total. The summed E-state index contributed by atoms with van der Waals surface area (Å²) in [6.45, 7) is 2.28. The number of piperazine rings is 1. The molecule has 0 saturated carbocycles. The first-order chi connectivity index (χ1) is 21.9. The number of carbonyl (C=O) groups is 1. The van der Waals surface area contributed by atoms with Crippen molar-refractivity contribution in [3.63, 3.8) is 0 Å². The van der Waals surface area contributed by atoms with Gasteiger partial charge in [-0.15, -0.1) is 0 Å². The minimum absolute atomic E-state index is 0.0978. The van der Waals surface area contributed by atoms with Gasteiger partial charge in [0.1, 0.15) is 11.5 Å². The van der Waals surface area contributed by atoms with Gasteiger partial charge in [-0.2, -0.15) is 13.2 Å². The van der Waals surface area contributed by atoms with E-state index in [4.69, 9.17) is 5.73 Å². The lowest BCUT2D eigenvalue weighted by molar-refractivity contribution is -0.138. The van der Waals surface area contributed by atoms with Gasteiger partial charge in [-0.05, 0) is 36.2 Å². The molecule has 1 fully saturated rings. The zero-order chi connectivity index (χ0) is 33.2. The number of aromatic nitrogens is 2. The van der Waals surface area contributed by atoms with Crippen molar-refractivity contribution in [1.29, 1.82) is 0 Å². The van der Waals surface area contributed by atoms with Gasteiger partial charge in [0.2, 0.25) is 0 Å². The molecule has 5 rings (SSSR count). The SMILES string of the molecule is Cc1c(N2CCN(Cc3ccccc3C(=O)O)CC2)c(=O)n(CC(N)c2ccccc2)c(=O)n1Cc1c(F)cccc1C(F)(F)F. The highest BCUT2D eigenvalue weighted by atomic mass is 19.4. The molecule has 1 atom stereocenters. The molecule has 3 aromatic carbocycles. The second kappa shape index (κ2) is 13.3. The summed E-state index contributed by atoms with van der Waals surface area (Å²) in [6, 6.07) is 17.3. The second-order valence-corrected chi connectivity index (χ2v) is 11.2. The van der Waals surface area contributed by atoms with Gasteiger partial charge in [-0.25, -0.2) is 14.0 Å². The summed E-state index contributed by atoms with van der Waals surface area (Å²) in [4.78, 5) is 43.3. The number of nitrogens with zero attached hydrogens (tertiary/aromatic N) is 4. The van der Waals surface area contributed by atoms with E-state index in [0.717, 1.165) is 27.3 Å². The van der Waals surface area contributed by atoms with E-state index in [1.807, 2.05) is 4.90 Å². The van der Waals surface area contributed by atoms with E-state index in [0.29, 0.717) is 43.9 Å². The highest BCUT2D eigenvalue weighted by Gasteiger charge is 2.35. The van der Waals surface area contributed by atoms with Crippen LogP contribution in [-0.2, 0) is 25.8 Å². The third kappa shape index (κ3) is 6.75. The van der Waals surface area contributed by atoms with Gasteiger partial charge in [-0.1, -0.05) is 54.6 Å². The Balaban J connectivity index is 1.53. The molecule has 0 bridgehead atoms. The van der Waals surface area contributed by atoms with Crippen molar-refractivity contribution < 1.29 is 27.5 Å². The number of carboxylic acid groups (broad SMARTS) is 1. The van der Waals surface area contributed by atoms with Gasteiger partial charge < -0.3 is 15.7 Å². The molecular formula is C33H33F4N5O4. The largest absolute Gasteiger partial charge is 0.478 e. The van der Waals surface area contributed by atoms with E-state index in [2.05, 4.69) is 0 Å². The maximum atomic E-state index is 14.9. The van der Waals surface area contributed by atoms with Crippen LogP contribution < -0.4 is 21.9 Å². The molecule has 4 aromatic rings. The zero-order valence-corrected chi connectivity index (χ0v) is 25.0. The minimum Gasteiger partial charge on any atom is -0.478 e. The number of carboxylic acids is 1. The minimum atomic E-state index is -4.88. The molecule has 1 aliphatic heterocycles. The van der Waals surface area contributed by atoms with E-state index >= 15 is 0 Å². The molecule has 2 heterocycles. The first-order valence-corrected chi connectivity index (χ1v) is 14.6. The Hall–Kier alpha value is -4.75. The Morgan fingerprint density at radius 2 is 1.54 bits per heavy atom. The van der Waals surface area contributed by atoms with Crippen LogP contribution in [0.2, 0.25) is 0 Å². The number of anilines is 1. The average Bonchev–Trinajstić information content (AvgIpc) is 3.03. The van der Waals surface area contributed by atoms with E-state index in [9.17, 15) is 37.1 Å². The molecule has 1 aliphatic rings. The lowest BCUT2D eigenvalue weighted by Crippen LogP contribution is -2.51. The normalized spacial score (nSPS) is 14.8. The number of alkyl halides is 3. The highest BCUT2D eigenvalue weighted by Crippen LogP contribution is 2.33. The van der Waals surface area contributed by atoms with Crippen molar-refractivity contribution in [3.8, 4) is 0 Å². The number of nitrogens with two attached hydrogens (primary N) is 1. The van der Waals surface area contributed by atoms with Crippen LogP contribution in [0.1, 0.15) is 44.3 Å². The molecule has 13 heteroatoms. The first-order valence-electron chi connectivity index (χ1n) is 14.6. The third-order valence-corrected chi connectivity index (χ3v) is 8.33. The van der Waals surface area contributed by atoms with Gasteiger partial charge in [0.15, 0.2) is 0 Å². The van der Waals surface area contributed by atoms with Crippen LogP contribution >= 0.6 is 0 Å². The van der Waals surface area contributed by atoms with Gasteiger partial charge >= 0.3 is 17.8 Å². The Bertz CT molecular complexity index is 1850. The van der Waals surface area contributed by atoms with Crippen molar-refractivity contribution in [2.45, 2.75) is 38.8 Å². The predicted molar refractivity (Wildman–Crippen MR) is 164 cm³/mol. The summed E-state index contributed by atoms with van der Waals surface area (Å²) in [5.74, 6) is -2.17. The van der Waals surface area contributed by atoms with Crippen LogP contribution in [-0.4, -0.2) is 51.3 Å². The van der Waals surface area contributed by atoms with Crippen LogP contribution in [0.5, 0.6) is 0 Å². The number of hydrogen-bond donors (Lipinski definition) is 2. The van der Waals surface area contributed by atoms with Crippen molar-refractivity contribution in [1.82, 2.24) is 14.0 Å².